The number of nitrogens with two attached hydrogens (primary N) is 1. The van der Waals surface area contributed by atoms with Crippen LogP contribution < -0.4 is 10.6 Å². The van der Waals surface area contributed by atoms with Crippen LogP contribution in [0.4, 0.5) is 11.5 Å². The number of nitrogens with zero attached hydrogens (tertiary/aromatic N) is 3. The summed E-state index contributed by atoms with van der Waals surface area (Å²) in [5.74, 6) is 0.621. The molecule has 0 unspecified atom stereocenters. The Morgan fingerprint density at radius 2 is 2.00 bits per heavy atom. The highest BCUT2D eigenvalue weighted by molar-refractivity contribution is 5.75. The van der Waals surface area contributed by atoms with Gasteiger partial charge in [0.2, 0.25) is 0 Å². The SMILES string of the molecule is CN1CCN(c2cccc(-c3cn[nH]c3N)c2)CC1. The molecule has 2 heterocycles. The van der Waals surface area contributed by atoms with E-state index in [0.29, 0.717) is 5.82 Å². The molecule has 0 bridgehead atoms. The standard InChI is InChI=1S/C14H19N5/c1-18-5-7-19(8-6-18)12-4-2-3-11(9-12)13-10-16-17-14(13)15/h2-4,9-10H,5-8H2,1H3,(H3,15,16,17). The van der Waals surface area contributed by atoms with Gasteiger partial charge >= 0.3 is 0 Å². The van der Waals surface area contributed by atoms with Crippen molar-refractivity contribution < 1.29 is 0 Å². The number of hydrogen-bond donors (Lipinski definition) is 2. The van der Waals surface area contributed by atoms with Gasteiger partial charge in [-0.25, -0.2) is 0 Å². The third-order valence-corrected chi connectivity index (χ3v) is 3.69. The topological polar surface area (TPSA) is 61.2 Å². The summed E-state index contributed by atoms with van der Waals surface area (Å²) >= 11 is 0. The van der Waals surface area contributed by atoms with E-state index in [9.17, 15) is 0 Å². The van der Waals surface area contributed by atoms with Crippen LogP contribution in [0.3, 0.4) is 0 Å². The highest BCUT2D eigenvalue weighted by atomic mass is 15.2. The zero-order chi connectivity index (χ0) is 13.2. The average molecular weight is 257 g/mol. The summed E-state index contributed by atoms with van der Waals surface area (Å²) in [6, 6.07) is 8.49. The monoisotopic (exact) mass is 257 g/mol. The van der Waals surface area contributed by atoms with Gasteiger partial charge in [-0.3, -0.25) is 5.10 Å². The number of H-pyrrole nitrogens is 1. The minimum absolute atomic E-state index is 0.621. The van der Waals surface area contributed by atoms with Crippen LogP contribution in [0.15, 0.2) is 30.5 Å². The highest BCUT2D eigenvalue weighted by Gasteiger charge is 2.15. The van der Waals surface area contributed by atoms with Crippen molar-refractivity contribution in [2.45, 2.75) is 0 Å². The van der Waals surface area contributed by atoms with Gasteiger partial charge in [0.25, 0.3) is 0 Å². The lowest BCUT2D eigenvalue weighted by Gasteiger charge is -2.34. The molecule has 3 N–H and O–H groups in total. The summed E-state index contributed by atoms with van der Waals surface area (Å²) in [6.45, 7) is 4.36. The van der Waals surface area contributed by atoms with Crippen LogP contribution in [0.5, 0.6) is 0 Å². The molecule has 0 atom stereocenters. The van der Waals surface area contributed by atoms with Gasteiger partial charge in [-0.1, -0.05) is 12.1 Å². The lowest BCUT2D eigenvalue weighted by molar-refractivity contribution is 0.313. The maximum Gasteiger partial charge on any atom is 0.126 e. The van der Waals surface area contributed by atoms with Crippen molar-refractivity contribution in [2.24, 2.45) is 0 Å². The van der Waals surface area contributed by atoms with Crippen molar-refractivity contribution >= 4 is 11.5 Å². The molecule has 19 heavy (non-hydrogen) atoms. The Kier molecular flexibility index (Phi) is 3.13. The molecule has 0 radical (unpaired) electrons. The van der Waals surface area contributed by atoms with Crippen LogP contribution in [0.1, 0.15) is 0 Å². The first-order valence-electron chi connectivity index (χ1n) is 6.57. The summed E-state index contributed by atoms with van der Waals surface area (Å²) in [5.41, 5.74) is 9.22. The van der Waals surface area contributed by atoms with Crippen molar-refractivity contribution in [1.29, 1.82) is 0 Å². The van der Waals surface area contributed by atoms with E-state index in [-0.39, 0.29) is 0 Å². The summed E-state index contributed by atoms with van der Waals surface area (Å²) in [4.78, 5) is 4.77. The molecule has 0 saturated carbocycles. The summed E-state index contributed by atoms with van der Waals surface area (Å²) in [5, 5.41) is 6.76. The number of benzene rings is 1. The molecule has 0 spiro atoms. The normalized spacial score (nSPS) is 16.8. The van der Waals surface area contributed by atoms with E-state index in [1.807, 2.05) is 0 Å². The number of likely N-dealkylation sites (N-methyl/N-ethyl adjacent to an activating group) is 1. The van der Waals surface area contributed by atoms with Gasteiger partial charge in [0.1, 0.15) is 5.82 Å². The molecule has 5 nitrogen and oxygen atoms in total. The molecule has 100 valence electrons. The number of nitrogen functional groups attached to an aromatic ring is 1. The second-order valence-electron chi connectivity index (χ2n) is 5.04. The van der Waals surface area contributed by atoms with Crippen molar-refractivity contribution in [2.75, 3.05) is 43.9 Å². The van der Waals surface area contributed by atoms with E-state index in [4.69, 9.17) is 5.73 Å². The quantitative estimate of drug-likeness (QED) is 0.854. The third kappa shape index (κ3) is 2.42. The van der Waals surface area contributed by atoms with Gasteiger partial charge in [0, 0.05) is 37.4 Å². The van der Waals surface area contributed by atoms with Crippen molar-refractivity contribution in [1.82, 2.24) is 15.1 Å². The largest absolute Gasteiger partial charge is 0.384 e. The fraction of sp³-hybridized carbons (Fsp3) is 0.357. The fourth-order valence-corrected chi connectivity index (χ4v) is 2.46. The second kappa shape index (κ2) is 4.93. The van der Waals surface area contributed by atoms with Gasteiger partial charge in [-0.05, 0) is 24.7 Å². The number of hydrogen-bond acceptors (Lipinski definition) is 4. The molecular weight excluding hydrogens is 238 g/mol. The van der Waals surface area contributed by atoms with Crippen LogP contribution in [-0.4, -0.2) is 48.3 Å². The second-order valence-corrected chi connectivity index (χ2v) is 5.04. The number of aromatic amines is 1. The van der Waals surface area contributed by atoms with Crippen LogP contribution in [0, 0.1) is 0 Å². The van der Waals surface area contributed by atoms with E-state index in [1.54, 1.807) is 6.20 Å². The fourth-order valence-electron chi connectivity index (χ4n) is 2.46. The molecule has 1 aromatic heterocycles. The van der Waals surface area contributed by atoms with E-state index in [2.05, 4.69) is 51.3 Å². The lowest BCUT2D eigenvalue weighted by Crippen LogP contribution is -2.44. The highest BCUT2D eigenvalue weighted by Crippen LogP contribution is 2.27. The number of anilines is 2. The summed E-state index contributed by atoms with van der Waals surface area (Å²) in [7, 11) is 2.17. The molecule has 1 aliphatic heterocycles. The molecule has 1 aliphatic rings. The minimum Gasteiger partial charge on any atom is -0.384 e. The number of piperazine rings is 1. The molecule has 1 aromatic carbocycles. The Hall–Kier alpha value is -2.01. The van der Waals surface area contributed by atoms with Gasteiger partial charge in [-0.2, -0.15) is 5.10 Å². The molecule has 0 amide bonds. The van der Waals surface area contributed by atoms with Crippen LogP contribution in [0.2, 0.25) is 0 Å². The molecule has 3 rings (SSSR count). The van der Waals surface area contributed by atoms with Crippen molar-refractivity contribution in [3.05, 3.63) is 30.5 Å². The minimum atomic E-state index is 0.621. The van der Waals surface area contributed by atoms with Crippen LogP contribution in [0.25, 0.3) is 11.1 Å². The first-order chi connectivity index (χ1) is 9.24. The summed E-state index contributed by atoms with van der Waals surface area (Å²) < 4.78 is 0. The molecule has 5 heteroatoms. The predicted molar refractivity (Wildman–Crippen MR) is 78.1 cm³/mol. The summed E-state index contributed by atoms with van der Waals surface area (Å²) in [6.07, 6.45) is 1.78. The smallest absolute Gasteiger partial charge is 0.126 e. The van der Waals surface area contributed by atoms with E-state index < -0.39 is 0 Å². The van der Waals surface area contributed by atoms with Crippen LogP contribution >= 0.6 is 0 Å². The molecule has 0 aliphatic carbocycles. The molecule has 2 aromatic rings. The zero-order valence-electron chi connectivity index (χ0n) is 11.1. The Morgan fingerprint density at radius 3 is 2.68 bits per heavy atom. The first kappa shape index (κ1) is 12.0. The lowest BCUT2D eigenvalue weighted by atomic mass is 10.1. The van der Waals surface area contributed by atoms with Gasteiger partial charge < -0.3 is 15.5 Å². The molecule has 1 fully saturated rings. The Labute approximate surface area is 113 Å². The van der Waals surface area contributed by atoms with Gasteiger partial charge in [-0.15, -0.1) is 0 Å². The first-order valence-corrected chi connectivity index (χ1v) is 6.57. The van der Waals surface area contributed by atoms with E-state index in [0.717, 1.165) is 37.3 Å². The predicted octanol–water partition coefficient (Wildman–Crippen LogP) is 1.41. The van der Waals surface area contributed by atoms with Gasteiger partial charge in [0.15, 0.2) is 0 Å². The molecule has 1 saturated heterocycles. The van der Waals surface area contributed by atoms with Crippen molar-refractivity contribution in [3.63, 3.8) is 0 Å². The average Bonchev–Trinajstić information content (AvgIpc) is 2.86. The third-order valence-electron chi connectivity index (χ3n) is 3.69. The number of nitrogens with one attached hydrogen (secondary N) is 1. The Morgan fingerprint density at radius 1 is 1.21 bits per heavy atom. The zero-order valence-corrected chi connectivity index (χ0v) is 11.1. The number of rotatable bonds is 2. The van der Waals surface area contributed by atoms with Crippen LogP contribution in [-0.2, 0) is 0 Å². The van der Waals surface area contributed by atoms with E-state index in [1.165, 1.54) is 5.69 Å². The Balaban J connectivity index is 1.86. The number of aromatic nitrogens is 2. The maximum absolute atomic E-state index is 5.88. The Bertz CT molecular complexity index is 554. The van der Waals surface area contributed by atoms with Crippen molar-refractivity contribution in [3.8, 4) is 11.1 Å². The van der Waals surface area contributed by atoms with E-state index >= 15 is 0 Å². The van der Waals surface area contributed by atoms with Gasteiger partial charge in [0.05, 0.1) is 6.20 Å². The maximum atomic E-state index is 5.88. The molecular formula is C14H19N5.